The summed E-state index contributed by atoms with van der Waals surface area (Å²) in [4.78, 5) is 12.6. The highest BCUT2D eigenvalue weighted by atomic mass is 32.2. The largest absolute Gasteiger partial charge is 0.457 e. The fourth-order valence-electron chi connectivity index (χ4n) is 1.71. The molecule has 0 aliphatic carbocycles. The SMILES string of the molecule is CCCn1nnnc1COC(=O)CCSc1ccc(F)cc1. The Morgan fingerprint density at radius 2 is 2.14 bits per heavy atom. The third-order valence-corrected chi connectivity index (χ3v) is 3.81. The smallest absolute Gasteiger partial charge is 0.307 e. The Morgan fingerprint density at radius 3 is 2.86 bits per heavy atom. The highest BCUT2D eigenvalue weighted by Crippen LogP contribution is 2.19. The fourth-order valence-corrected chi connectivity index (χ4v) is 2.55. The zero-order valence-electron chi connectivity index (χ0n) is 12.2. The van der Waals surface area contributed by atoms with Crippen LogP contribution in [0.1, 0.15) is 25.6 Å². The van der Waals surface area contributed by atoms with E-state index in [1.54, 1.807) is 16.8 Å². The standard InChI is InChI=1S/C14H17FN4O2S/c1-2-8-19-13(16-17-18-19)10-21-14(20)7-9-22-12-5-3-11(15)4-6-12/h3-6H,2,7-10H2,1H3. The van der Waals surface area contributed by atoms with Crippen LogP contribution in [0.3, 0.4) is 0 Å². The van der Waals surface area contributed by atoms with Crippen LogP contribution in [0, 0.1) is 5.82 Å². The van der Waals surface area contributed by atoms with E-state index in [1.807, 2.05) is 6.92 Å². The third kappa shape index (κ3) is 5.10. The van der Waals surface area contributed by atoms with E-state index in [0.717, 1.165) is 11.3 Å². The Morgan fingerprint density at radius 1 is 1.36 bits per heavy atom. The van der Waals surface area contributed by atoms with Gasteiger partial charge in [0.15, 0.2) is 12.4 Å². The van der Waals surface area contributed by atoms with Crippen LogP contribution < -0.4 is 0 Å². The summed E-state index contributed by atoms with van der Waals surface area (Å²) in [5.41, 5.74) is 0. The molecular weight excluding hydrogens is 307 g/mol. The predicted octanol–water partition coefficient (Wildman–Crippen LogP) is 2.45. The van der Waals surface area contributed by atoms with E-state index >= 15 is 0 Å². The first-order chi connectivity index (χ1) is 10.7. The number of nitrogens with zero attached hydrogens (tertiary/aromatic N) is 4. The minimum atomic E-state index is -0.305. The quantitative estimate of drug-likeness (QED) is 0.549. The average molecular weight is 324 g/mol. The van der Waals surface area contributed by atoms with Crippen molar-refractivity contribution >= 4 is 17.7 Å². The Kier molecular flexibility index (Phi) is 6.32. The van der Waals surface area contributed by atoms with Gasteiger partial charge >= 0.3 is 5.97 Å². The first-order valence-electron chi connectivity index (χ1n) is 6.98. The molecule has 0 spiro atoms. The Labute approximate surface area is 132 Å². The van der Waals surface area contributed by atoms with Crippen LogP contribution >= 0.6 is 11.8 Å². The summed E-state index contributed by atoms with van der Waals surface area (Å²) < 4.78 is 19.5. The van der Waals surface area contributed by atoms with E-state index in [0.29, 0.717) is 18.1 Å². The van der Waals surface area contributed by atoms with Crippen molar-refractivity contribution in [3.63, 3.8) is 0 Å². The molecule has 22 heavy (non-hydrogen) atoms. The van der Waals surface area contributed by atoms with Gasteiger partial charge in [-0.1, -0.05) is 6.92 Å². The molecule has 8 heteroatoms. The number of thioether (sulfide) groups is 1. The molecule has 0 saturated carbocycles. The van der Waals surface area contributed by atoms with Gasteiger partial charge in [-0.3, -0.25) is 4.79 Å². The van der Waals surface area contributed by atoms with Gasteiger partial charge in [0.25, 0.3) is 0 Å². The zero-order valence-corrected chi connectivity index (χ0v) is 13.1. The molecule has 1 aromatic heterocycles. The second-order valence-electron chi connectivity index (χ2n) is 4.53. The molecule has 0 unspecified atom stereocenters. The number of esters is 1. The number of carbonyl (C=O) groups is 1. The number of benzene rings is 1. The predicted molar refractivity (Wildman–Crippen MR) is 79.6 cm³/mol. The van der Waals surface area contributed by atoms with E-state index in [2.05, 4.69) is 15.5 Å². The van der Waals surface area contributed by atoms with E-state index < -0.39 is 0 Å². The maximum atomic E-state index is 12.8. The minimum Gasteiger partial charge on any atom is -0.457 e. The molecule has 0 amide bonds. The zero-order chi connectivity index (χ0) is 15.8. The van der Waals surface area contributed by atoms with Crippen molar-refractivity contribution in [2.75, 3.05) is 5.75 Å². The number of hydrogen-bond donors (Lipinski definition) is 0. The van der Waals surface area contributed by atoms with E-state index in [9.17, 15) is 9.18 Å². The molecule has 0 fully saturated rings. The maximum absolute atomic E-state index is 12.8. The third-order valence-electron chi connectivity index (χ3n) is 2.79. The molecule has 118 valence electrons. The molecular formula is C14H17FN4O2S. The van der Waals surface area contributed by atoms with Crippen LogP contribution in [0.2, 0.25) is 0 Å². The van der Waals surface area contributed by atoms with Crippen LogP contribution in [-0.2, 0) is 22.7 Å². The summed E-state index contributed by atoms with van der Waals surface area (Å²) in [5, 5.41) is 11.2. The highest BCUT2D eigenvalue weighted by molar-refractivity contribution is 7.99. The normalized spacial score (nSPS) is 10.6. The number of carbonyl (C=O) groups excluding carboxylic acids is 1. The Hall–Kier alpha value is -1.96. The van der Waals surface area contributed by atoms with E-state index in [-0.39, 0.29) is 24.8 Å². The van der Waals surface area contributed by atoms with Gasteiger partial charge in [0.1, 0.15) is 5.82 Å². The summed E-state index contributed by atoms with van der Waals surface area (Å²) in [5.74, 6) is 0.542. The lowest BCUT2D eigenvalue weighted by atomic mass is 10.4. The molecule has 1 heterocycles. The molecule has 0 saturated heterocycles. The summed E-state index contributed by atoms with van der Waals surface area (Å²) in [7, 11) is 0. The van der Waals surface area contributed by atoms with Gasteiger partial charge in [-0.05, 0) is 41.1 Å². The topological polar surface area (TPSA) is 69.9 Å². The average Bonchev–Trinajstić information content (AvgIpc) is 2.95. The molecule has 1 aromatic carbocycles. The summed E-state index contributed by atoms with van der Waals surface area (Å²) in [6, 6.07) is 6.16. The second kappa shape index (κ2) is 8.47. The van der Waals surface area contributed by atoms with Gasteiger partial charge in [-0.2, -0.15) is 0 Å². The molecule has 6 nitrogen and oxygen atoms in total. The first kappa shape index (κ1) is 16.4. The van der Waals surface area contributed by atoms with Gasteiger partial charge in [0.2, 0.25) is 0 Å². The lowest BCUT2D eigenvalue weighted by Crippen LogP contribution is -2.11. The molecule has 2 aromatic rings. The van der Waals surface area contributed by atoms with Gasteiger partial charge in [-0.25, -0.2) is 9.07 Å². The molecule has 0 bridgehead atoms. The number of halogens is 1. The van der Waals surface area contributed by atoms with Crippen LogP contribution in [-0.4, -0.2) is 31.9 Å². The van der Waals surface area contributed by atoms with Gasteiger partial charge in [0.05, 0.1) is 6.42 Å². The van der Waals surface area contributed by atoms with Gasteiger partial charge < -0.3 is 4.74 Å². The molecule has 0 atom stereocenters. The number of aryl methyl sites for hydroxylation is 1. The monoisotopic (exact) mass is 324 g/mol. The number of hydrogen-bond acceptors (Lipinski definition) is 6. The van der Waals surface area contributed by atoms with Crippen molar-refractivity contribution in [2.24, 2.45) is 0 Å². The molecule has 0 radical (unpaired) electrons. The molecule has 0 aliphatic heterocycles. The Bertz CT molecular complexity index is 603. The maximum Gasteiger partial charge on any atom is 0.307 e. The second-order valence-corrected chi connectivity index (χ2v) is 5.70. The highest BCUT2D eigenvalue weighted by Gasteiger charge is 2.09. The number of aromatic nitrogens is 4. The van der Waals surface area contributed by atoms with Crippen molar-refractivity contribution in [3.8, 4) is 0 Å². The van der Waals surface area contributed by atoms with E-state index in [1.165, 1.54) is 23.9 Å². The lowest BCUT2D eigenvalue weighted by Gasteiger charge is -2.05. The summed E-state index contributed by atoms with van der Waals surface area (Å²) in [6.45, 7) is 2.79. The summed E-state index contributed by atoms with van der Waals surface area (Å²) >= 11 is 1.48. The van der Waals surface area contributed by atoms with Crippen molar-refractivity contribution in [2.45, 2.75) is 37.8 Å². The van der Waals surface area contributed by atoms with E-state index in [4.69, 9.17) is 4.74 Å². The summed E-state index contributed by atoms with van der Waals surface area (Å²) in [6.07, 6.45) is 1.18. The van der Waals surface area contributed by atoms with Crippen molar-refractivity contribution in [1.82, 2.24) is 20.2 Å². The van der Waals surface area contributed by atoms with Gasteiger partial charge in [-0.15, -0.1) is 16.9 Å². The fraction of sp³-hybridized carbons (Fsp3) is 0.429. The molecule has 2 rings (SSSR count). The van der Waals surface area contributed by atoms with Crippen molar-refractivity contribution in [1.29, 1.82) is 0 Å². The number of ether oxygens (including phenoxy) is 1. The number of rotatable bonds is 8. The minimum absolute atomic E-state index is 0.0764. The number of tetrazole rings is 1. The van der Waals surface area contributed by atoms with Crippen molar-refractivity contribution < 1.29 is 13.9 Å². The van der Waals surface area contributed by atoms with Crippen LogP contribution in [0.25, 0.3) is 0 Å². The first-order valence-corrected chi connectivity index (χ1v) is 7.96. The Balaban J connectivity index is 1.69. The van der Waals surface area contributed by atoms with Gasteiger partial charge in [0, 0.05) is 17.2 Å². The molecule has 0 aliphatic rings. The van der Waals surface area contributed by atoms with Crippen LogP contribution in [0.15, 0.2) is 29.2 Å². The lowest BCUT2D eigenvalue weighted by molar-refractivity contribution is -0.144. The van der Waals surface area contributed by atoms with Crippen LogP contribution in [0.5, 0.6) is 0 Å². The molecule has 0 N–H and O–H groups in total. The van der Waals surface area contributed by atoms with Crippen LogP contribution in [0.4, 0.5) is 4.39 Å². The van der Waals surface area contributed by atoms with Crippen molar-refractivity contribution in [3.05, 3.63) is 35.9 Å².